The molecule has 0 heterocycles. The number of halogens is 1. The molecule has 0 radical (unpaired) electrons. The second-order valence-corrected chi connectivity index (χ2v) is 6.98. The molecule has 0 atom stereocenters. The third-order valence-corrected chi connectivity index (χ3v) is 4.03. The number of ether oxygens (including phenoxy) is 1. The molecule has 0 bridgehead atoms. The molecule has 0 fully saturated rings. The number of nitrogens with one attached hydrogen (secondary N) is 1. The van der Waals surface area contributed by atoms with E-state index in [9.17, 15) is 4.79 Å². The van der Waals surface area contributed by atoms with Gasteiger partial charge in [0.15, 0.2) is 0 Å². The molecule has 122 valence electrons. The maximum Gasteiger partial charge on any atom is 0.255 e. The molecular weight excluding hydrogens is 354 g/mol. The van der Waals surface area contributed by atoms with E-state index in [1.54, 1.807) is 12.1 Å². The van der Waals surface area contributed by atoms with Crippen LogP contribution in [-0.4, -0.2) is 12.5 Å². The van der Waals surface area contributed by atoms with E-state index in [2.05, 4.69) is 35.1 Å². The van der Waals surface area contributed by atoms with Gasteiger partial charge in [-0.25, -0.2) is 0 Å². The van der Waals surface area contributed by atoms with Gasteiger partial charge in [0.05, 0.1) is 11.1 Å². The number of carbonyl (C=O) groups is 1. The predicted molar refractivity (Wildman–Crippen MR) is 98.3 cm³/mol. The van der Waals surface area contributed by atoms with E-state index in [0.717, 1.165) is 27.0 Å². The van der Waals surface area contributed by atoms with Gasteiger partial charge in [-0.1, -0.05) is 26.0 Å². The minimum atomic E-state index is -0.130. The van der Waals surface area contributed by atoms with Gasteiger partial charge < -0.3 is 10.1 Å². The largest absolute Gasteiger partial charge is 0.492 e. The van der Waals surface area contributed by atoms with Crippen LogP contribution in [-0.2, 0) is 0 Å². The lowest BCUT2D eigenvalue weighted by molar-refractivity contribution is 0.102. The van der Waals surface area contributed by atoms with Crippen molar-refractivity contribution in [3.05, 3.63) is 57.6 Å². The Morgan fingerprint density at radius 3 is 2.57 bits per heavy atom. The van der Waals surface area contributed by atoms with Gasteiger partial charge >= 0.3 is 0 Å². The van der Waals surface area contributed by atoms with Crippen molar-refractivity contribution < 1.29 is 9.53 Å². The van der Waals surface area contributed by atoms with E-state index < -0.39 is 0 Å². The van der Waals surface area contributed by atoms with Gasteiger partial charge in [-0.15, -0.1) is 0 Å². The quantitative estimate of drug-likeness (QED) is 0.764. The average Bonchev–Trinajstić information content (AvgIpc) is 2.49. The summed E-state index contributed by atoms with van der Waals surface area (Å²) in [4.78, 5) is 12.4. The molecule has 0 spiro atoms. The summed E-state index contributed by atoms with van der Waals surface area (Å²) in [5.74, 6) is 1.07. The highest BCUT2D eigenvalue weighted by Gasteiger charge is 2.11. The van der Waals surface area contributed by atoms with Crippen LogP contribution in [0, 0.1) is 19.8 Å². The number of hydrogen-bond donors (Lipinski definition) is 1. The molecule has 0 saturated carbocycles. The summed E-state index contributed by atoms with van der Waals surface area (Å²) < 4.78 is 6.49. The van der Waals surface area contributed by atoms with E-state index in [1.807, 2.05) is 38.1 Å². The molecule has 0 aromatic heterocycles. The Labute approximate surface area is 146 Å². The second kappa shape index (κ2) is 7.64. The normalized spacial score (nSPS) is 10.7. The molecule has 0 aliphatic carbocycles. The van der Waals surface area contributed by atoms with Crippen molar-refractivity contribution in [2.45, 2.75) is 27.7 Å². The first-order chi connectivity index (χ1) is 10.9. The Balaban J connectivity index is 2.13. The van der Waals surface area contributed by atoms with E-state index >= 15 is 0 Å². The molecule has 2 aromatic carbocycles. The molecule has 23 heavy (non-hydrogen) atoms. The Kier molecular flexibility index (Phi) is 5.83. The Bertz CT molecular complexity index is 711. The van der Waals surface area contributed by atoms with Crippen molar-refractivity contribution in [3.8, 4) is 5.75 Å². The van der Waals surface area contributed by atoms with E-state index in [-0.39, 0.29) is 5.91 Å². The first kappa shape index (κ1) is 17.5. The molecule has 1 amide bonds. The Hall–Kier alpha value is -1.81. The zero-order valence-corrected chi connectivity index (χ0v) is 15.5. The summed E-state index contributed by atoms with van der Waals surface area (Å²) in [5, 5.41) is 2.96. The van der Waals surface area contributed by atoms with Crippen molar-refractivity contribution in [1.29, 1.82) is 0 Å². The van der Waals surface area contributed by atoms with Crippen molar-refractivity contribution in [2.75, 3.05) is 11.9 Å². The lowest BCUT2D eigenvalue weighted by Crippen LogP contribution is -2.13. The first-order valence-corrected chi connectivity index (χ1v) is 8.47. The van der Waals surface area contributed by atoms with Gasteiger partial charge in [0.1, 0.15) is 5.75 Å². The zero-order valence-electron chi connectivity index (χ0n) is 13.9. The van der Waals surface area contributed by atoms with Crippen LogP contribution in [0.1, 0.15) is 35.3 Å². The SMILES string of the molecule is Cc1ccc(C)c(NC(=O)c2ccc(OCC(C)C)c(Br)c2)c1. The molecule has 0 aliphatic rings. The average molecular weight is 376 g/mol. The fourth-order valence-electron chi connectivity index (χ4n) is 2.08. The molecule has 2 rings (SSSR count). The molecule has 1 N–H and O–H groups in total. The predicted octanol–water partition coefficient (Wildman–Crippen LogP) is 5.35. The molecule has 0 saturated heterocycles. The summed E-state index contributed by atoms with van der Waals surface area (Å²) in [7, 11) is 0. The molecule has 2 aromatic rings. The van der Waals surface area contributed by atoms with Crippen LogP contribution in [0.25, 0.3) is 0 Å². The smallest absolute Gasteiger partial charge is 0.255 e. The minimum Gasteiger partial charge on any atom is -0.492 e. The number of hydrogen-bond acceptors (Lipinski definition) is 2. The van der Waals surface area contributed by atoms with Crippen LogP contribution in [0.2, 0.25) is 0 Å². The maximum absolute atomic E-state index is 12.4. The highest BCUT2D eigenvalue weighted by atomic mass is 79.9. The third kappa shape index (κ3) is 4.83. The summed E-state index contributed by atoms with van der Waals surface area (Å²) in [6.07, 6.45) is 0. The van der Waals surface area contributed by atoms with Crippen LogP contribution >= 0.6 is 15.9 Å². The number of rotatable bonds is 5. The van der Waals surface area contributed by atoms with Crippen LogP contribution in [0.5, 0.6) is 5.75 Å². The van der Waals surface area contributed by atoms with Crippen molar-refractivity contribution >= 4 is 27.5 Å². The number of aryl methyl sites for hydroxylation is 2. The number of amides is 1. The number of anilines is 1. The standard InChI is InChI=1S/C19H22BrNO2/c1-12(2)11-23-18-8-7-15(10-16(18)20)19(22)21-17-9-13(3)5-6-14(17)4/h5-10,12H,11H2,1-4H3,(H,21,22). The van der Waals surface area contributed by atoms with Crippen LogP contribution in [0.4, 0.5) is 5.69 Å². The van der Waals surface area contributed by atoms with Crippen molar-refractivity contribution in [2.24, 2.45) is 5.92 Å². The van der Waals surface area contributed by atoms with Gasteiger partial charge in [0, 0.05) is 11.3 Å². The fourth-order valence-corrected chi connectivity index (χ4v) is 2.57. The summed E-state index contributed by atoms with van der Waals surface area (Å²) >= 11 is 3.47. The first-order valence-electron chi connectivity index (χ1n) is 7.67. The van der Waals surface area contributed by atoms with Crippen molar-refractivity contribution in [1.82, 2.24) is 0 Å². The lowest BCUT2D eigenvalue weighted by atomic mass is 10.1. The molecule has 0 unspecified atom stereocenters. The fraction of sp³-hybridized carbons (Fsp3) is 0.316. The third-order valence-electron chi connectivity index (χ3n) is 3.41. The van der Waals surface area contributed by atoms with Gasteiger partial charge in [-0.2, -0.15) is 0 Å². The minimum absolute atomic E-state index is 0.130. The number of benzene rings is 2. The monoisotopic (exact) mass is 375 g/mol. The number of carbonyl (C=O) groups excluding carboxylic acids is 1. The molecular formula is C19H22BrNO2. The van der Waals surface area contributed by atoms with E-state index in [4.69, 9.17) is 4.74 Å². The van der Waals surface area contributed by atoms with Crippen LogP contribution < -0.4 is 10.1 Å². The Morgan fingerprint density at radius 1 is 1.17 bits per heavy atom. The zero-order chi connectivity index (χ0) is 17.0. The Morgan fingerprint density at radius 2 is 1.91 bits per heavy atom. The lowest BCUT2D eigenvalue weighted by Gasteiger charge is -2.12. The maximum atomic E-state index is 12.4. The summed E-state index contributed by atoms with van der Waals surface area (Å²) in [5.41, 5.74) is 3.59. The highest BCUT2D eigenvalue weighted by molar-refractivity contribution is 9.10. The molecule has 3 nitrogen and oxygen atoms in total. The van der Waals surface area contributed by atoms with E-state index in [1.165, 1.54) is 0 Å². The van der Waals surface area contributed by atoms with Crippen LogP contribution in [0.15, 0.2) is 40.9 Å². The topological polar surface area (TPSA) is 38.3 Å². The second-order valence-electron chi connectivity index (χ2n) is 6.12. The van der Waals surface area contributed by atoms with Gasteiger partial charge in [0.25, 0.3) is 5.91 Å². The van der Waals surface area contributed by atoms with Crippen LogP contribution in [0.3, 0.4) is 0 Å². The van der Waals surface area contributed by atoms with Crippen molar-refractivity contribution in [3.63, 3.8) is 0 Å². The van der Waals surface area contributed by atoms with Gasteiger partial charge in [0.2, 0.25) is 0 Å². The summed E-state index contributed by atoms with van der Waals surface area (Å²) in [6.45, 7) is 8.83. The molecule has 0 aliphatic heterocycles. The summed E-state index contributed by atoms with van der Waals surface area (Å²) in [6, 6.07) is 11.4. The van der Waals surface area contributed by atoms with E-state index in [0.29, 0.717) is 18.1 Å². The van der Waals surface area contributed by atoms with Gasteiger partial charge in [-0.05, 0) is 71.1 Å². The van der Waals surface area contributed by atoms with Gasteiger partial charge in [-0.3, -0.25) is 4.79 Å². The highest BCUT2D eigenvalue weighted by Crippen LogP contribution is 2.27. The molecule has 4 heteroatoms.